The Morgan fingerprint density at radius 1 is 0.971 bits per heavy atom. The number of sulfonamides is 1. The standard InChI is InChI=1S/C21H23ClF3N5O3S/c22-18-13-19(27-14-26-18)28-7-5-15(6-8-28)20(31)29-9-11-30(12-10-29)34(32,33)17-3-1-16(2-4-17)21(23,24)25/h1-4,13-15H,5-12H2. The van der Waals surface area contributed by atoms with Crippen molar-refractivity contribution >= 4 is 33.3 Å². The van der Waals surface area contributed by atoms with Gasteiger partial charge in [-0.15, -0.1) is 0 Å². The summed E-state index contributed by atoms with van der Waals surface area (Å²) in [5.41, 5.74) is -0.907. The highest BCUT2D eigenvalue weighted by Gasteiger charge is 2.35. The summed E-state index contributed by atoms with van der Waals surface area (Å²) in [6.07, 6.45) is -1.85. The smallest absolute Gasteiger partial charge is 0.356 e. The van der Waals surface area contributed by atoms with Crippen molar-refractivity contribution in [2.24, 2.45) is 5.92 Å². The van der Waals surface area contributed by atoms with Crippen LogP contribution in [-0.4, -0.2) is 72.8 Å². The second-order valence-corrected chi connectivity index (χ2v) is 10.5. The Hall–Kier alpha value is -2.44. The monoisotopic (exact) mass is 517 g/mol. The summed E-state index contributed by atoms with van der Waals surface area (Å²) in [7, 11) is -3.94. The summed E-state index contributed by atoms with van der Waals surface area (Å²) in [5, 5.41) is 0.354. The van der Waals surface area contributed by atoms with Crippen LogP contribution in [0.4, 0.5) is 19.0 Å². The van der Waals surface area contributed by atoms with E-state index in [0.29, 0.717) is 36.9 Å². The average Bonchev–Trinajstić information content (AvgIpc) is 2.83. The molecule has 0 N–H and O–H groups in total. The van der Waals surface area contributed by atoms with E-state index < -0.39 is 21.8 Å². The number of carbonyl (C=O) groups is 1. The fourth-order valence-electron chi connectivity index (χ4n) is 4.22. The molecule has 3 heterocycles. The zero-order chi connectivity index (χ0) is 24.5. The number of nitrogens with zero attached hydrogens (tertiary/aromatic N) is 5. The van der Waals surface area contributed by atoms with E-state index in [4.69, 9.17) is 11.6 Å². The lowest BCUT2D eigenvalue weighted by molar-refractivity contribution is -0.138. The van der Waals surface area contributed by atoms with Gasteiger partial charge in [0.15, 0.2) is 0 Å². The molecule has 2 aliphatic heterocycles. The van der Waals surface area contributed by atoms with Crippen molar-refractivity contribution in [3.05, 3.63) is 47.4 Å². The molecule has 0 bridgehead atoms. The maximum absolute atomic E-state index is 13.0. The Labute approximate surface area is 200 Å². The van der Waals surface area contributed by atoms with Gasteiger partial charge in [0.1, 0.15) is 17.3 Å². The average molecular weight is 518 g/mol. The van der Waals surface area contributed by atoms with Crippen LogP contribution in [0.15, 0.2) is 41.6 Å². The number of hydrogen-bond donors (Lipinski definition) is 0. The highest BCUT2D eigenvalue weighted by atomic mass is 35.5. The van der Waals surface area contributed by atoms with E-state index in [2.05, 4.69) is 9.97 Å². The largest absolute Gasteiger partial charge is 0.416 e. The Morgan fingerprint density at radius 2 is 1.59 bits per heavy atom. The highest BCUT2D eigenvalue weighted by Crippen LogP contribution is 2.30. The Morgan fingerprint density at radius 3 is 2.15 bits per heavy atom. The third-order valence-electron chi connectivity index (χ3n) is 6.16. The van der Waals surface area contributed by atoms with Gasteiger partial charge in [0, 0.05) is 51.3 Å². The van der Waals surface area contributed by atoms with Crippen molar-refractivity contribution < 1.29 is 26.4 Å². The summed E-state index contributed by atoms with van der Waals surface area (Å²) in [6, 6.07) is 5.13. The SMILES string of the molecule is O=C(C1CCN(c2cc(Cl)ncn2)CC1)N1CCN(S(=O)(=O)c2ccc(C(F)(F)F)cc2)CC1. The Bertz CT molecular complexity index is 1130. The van der Waals surface area contributed by atoms with E-state index in [1.807, 2.05) is 4.90 Å². The van der Waals surface area contributed by atoms with Crippen molar-refractivity contribution in [1.29, 1.82) is 0 Å². The van der Waals surface area contributed by atoms with Crippen LogP contribution in [0.25, 0.3) is 0 Å². The van der Waals surface area contributed by atoms with Gasteiger partial charge in [0.25, 0.3) is 0 Å². The van der Waals surface area contributed by atoms with Gasteiger partial charge in [-0.2, -0.15) is 17.5 Å². The van der Waals surface area contributed by atoms with Crippen molar-refractivity contribution in [3.8, 4) is 0 Å². The molecular formula is C21H23ClF3N5O3S. The molecule has 2 fully saturated rings. The fourth-order valence-corrected chi connectivity index (χ4v) is 5.79. The molecular weight excluding hydrogens is 495 g/mol. The van der Waals surface area contributed by atoms with Gasteiger partial charge in [0.2, 0.25) is 15.9 Å². The van der Waals surface area contributed by atoms with Crippen molar-refractivity contribution in [2.75, 3.05) is 44.2 Å². The van der Waals surface area contributed by atoms with Crippen LogP contribution in [0.3, 0.4) is 0 Å². The summed E-state index contributed by atoms with van der Waals surface area (Å²) >= 11 is 5.92. The van der Waals surface area contributed by atoms with Gasteiger partial charge in [-0.05, 0) is 37.1 Å². The van der Waals surface area contributed by atoms with Gasteiger partial charge < -0.3 is 9.80 Å². The number of carbonyl (C=O) groups excluding carboxylic acids is 1. The number of piperazine rings is 1. The second-order valence-electron chi connectivity index (χ2n) is 8.21. The van der Waals surface area contributed by atoms with Crippen molar-refractivity contribution in [1.82, 2.24) is 19.2 Å². The van der Waals surface area contributed by atoms with Crippen LogP contribution in [0.5, 0.6) is 0 Å². The van der Waals surface area contributed by atoms with Crippen LogP contribution in [-0.2, 0) is 21.0 Å². The molecule has 1 aromatic carbocycles. The molecule has 1 aromatic heterocycles. The molecule has 0 aliphatic carbocycles. The molecule has 1 amide bonds. The number of anilines is 1. The summed E-state index contributed by atoms with van der Waals surface area (Å²) in [5.74, 6) is 0.548. The maximum atomic E-state index is 13.0. The van der Waals surface area contributed by atoms with Crippen LogP contribution < -0.4 is 4.90 Å². The highest BCUT2D eigenvalue weighted by molar-refractivity contribution is 7.89. The lowest BCUT2D eigenvalue weighted by atomic mass is 9.95. The number of rotatable bonds is 4. The molecule has 0 radical (unpaired) electrons. The molecule has 0 saturated carbocycles. The number of benzene rings is 1. The van der Waals surface area contributed by atoms with Crippen LogP contribution in [0.1, 0.15) is 18.4 Å². The van der Waals surface area contributed by atoms with E-state index in [-0.39, 0.29) is 42.9 Å². The molecule has 184 valence electrons. The van der Waals surface area contributed by atoms with Gasteiger partial charge in [-0.3, -0.25) is 4.79 Å². The first-order valence-corrected chi connectivity index (χ1v) is 12.6. The molecule has 4 rings (SSSR count). The predicted octanol–water partition coefficient (Wildman–Crippen LogP) is 2.90. The minimum absolute atomic E-state index is 0.00746. The number of alkyl halides is 3. The first-order chi connectivity index (χ1) is 16.1. The molecule has 34 heavy (non-hydrogen) atoms. The van der Waals surface area contributed by atoms with Gasteiger partial charge in [-0.25, -0.2) is 18.4 Å². The Balaban J connectivity index is 1.31. The molecule has 2 saturated heterocycles. The zero-order valence-electron chi connectivity index (χ0n) is 18.1. The number of halogens is 4. The molecule has 0 spiro atoms. The minimum atomic E-state index is -4.54. The van der Waals surface area contributed by atoms with Crippen molar-refractivity contribution in [2.45, 2.75) is 23.9 Å². The third-order valence-corrected chi connectivity index (χ3v) is 8.28. The lowest BCUT2D eigenvalue weighted by Crippen LogP contribution is -2.52. The predicted molar refractivity (Wildman–Crippen MR) is 119 cm³/mol. The number of amides is 1. The van der Waals surface area contributed by atoms with Crippen LogP contribution in [0.2, 0.25) is 5.15 Å². The lowest BCUT2D eigenvalue weighted by Gasteiger charge is -2.38. The first kappa shape index (κ1) is 24.7. The quantitative estimate of drug-likeness (QED) is 0.580. The third kappa shape index (κ3) is 5.28. The minimum Gasteiger partial charge on any atom is -0.356 e. The summed E-state index contributed by atoms with van der Waals surface area (Å²) < 4.78 is 65.2. The molecule has 8 nitrogen and oxygen atoms in total. The van der Waals surface area contributed by atoms with E-state index in [1.54, 1.807) is 11.0 Å². The Kier molecular flexibility index (Phi) is 7.02. The van der Waals surface area contributed by atoms with E-state index in [1.165, 1.54) is 10.6 Å². The maximum Gasteiger partial charge on any atom is 0.416 e. The first-order valence-electron chi connectivity index (χ1n) is 10.7. The van der Waals surface area contributed by atoms with Crippen LogP contribution in [0, 0.1) is 5.92 Å². The van der Waals surface area contributed by atoms with Crippen molar-refractivity contribution in [3.63, 3.8) is 0 Å². The summed E-state index contributed by atoms with van der Waals surface area (Å²) in [4.78, 5) is 24.6. The topological polar surface area (TPSA) is 86.7 Å². The van der Waals surface area contributed by atoms with E-state index >= 15 is 0 Å². The van der Waals surface area contributed by atoms with Gasteiger partial charge >= 0.3 is 6.18 Å². The molecule has 2 aromatic rings. The summed E-state index contributed by atoms with van der Waals surface area (Å²) in [6.45, 7) is 1.94. The van der Waals surface area contributed by atoms with Gasteiger partial charge in [0.05, 0.1) is 10.5 Å². The van der Waals surface area contributed by atoms with Gasteiger partial charge in [-0.1, -0.05) is 11.6 Å². The second kappa shape index (κ2) is 9.67. The molecule has 2 aliphatic rings. The molecule has 13 heteroatoms. The normalized spacial score (nSPS) is 18.8. The number of hydrogen-bond acceptors (Lipinski definition) is 6. The molecule has 0 unspecified atom stereocenters. The number of aromatic nitrogens is 2. The van der Waals surface area contributed by atoms with E-state index in [0.717, 1.165) is 24.3 Å². The number of piperidine rings is 1. The fraction of sp³-hybridized carbons (Fsp3) is 0.476. The zero-order valence-corrected chi connectivity index (χ0v) is 19.7. The van der Waals surface area contributed by atoms with Crippen LogP contribution >= 0.6 is 11.6 Å². The van der Waals surface area contributed by atoms with E-state index in [9.17, 15) is 26.4 Å². The molecule has 0 atom stereocenters.